The van der Waals surface area contributed by atoms with Gasteiger partial charge in [0.15, 0.2) is 0 Å². The molecule has 1 aliphatic heterocycles. The van der Waals surface area contributed by atoms with Crippen molar-refractivity contribution in [1.29, 1.82) is 0 Å². The van der Waals surface area contributed by atoms with Gasteiger partial charge in [0, 0.05) is 12.1 Å². The maximum absolute atomic E-state index is 14.6. The molecule has 1 aliphatic rings. The van der Waals surface area contributed by atoms with E-state index in [0.717, 1.165) is 36.8 Å². The Balaban J connectivity index is 2.04. The summed E-state index contributed by atoms with van der Waals surface area (Å²) >= 11 is 0. The molecular formula is C61H100N16O13. The Hall–Kier alpha value is -7.67. The average Bonchev–Trinajstić information content (AvgIpc) is 3.53. The van der Waals surface area contributed by atoms with E-state index in [9.17, 15) is 63.0 Å². The zero-order valence-corrected chi connectivity index (χ0v) is 52.6. The van der Waals surface area contributed by atoms with Crippen molar-refractivity contribution in [3.63, 3.8) is 0 Å². The molecule has 0 spiro atoms. The minimum atomic E-state index is -1.74. The lowest BCUT2D eigenvalue weighted by atomic mass is 10.00. The van der Waals surface area contributed by atoms with Gasteiger partial charge in [-0.1, -0.05) is 102 Å². The Morgan fingerprint density at radius 1 is 0.511 bits per heavy atom. The molecule has 502 valence electrons. The number of unbranched alkanes of at least 4 members (excludes halogenated alkanes) is 5. The molecule has 2 aromatic rings. The van der Waals surface area contributed by atoms with Gasteiger partial charge in [-0.25, -0.2) is 0 Å². The van der Waals surface area contributed by atoms with Gasteiger partial charge in [0.1, 0.15) is 60.4 Å². The number of benzene rings is 2. The highest BCUT2D eigenvalue weighted by Crippen LogP contribution is 2.20. The zero-order valence-electron chi connectivity index (χ0n) is 52.6. The van der Waals surface area contributed by atoms with Gasteiger partial charge in [-0.2, -0.15) is 0 Å². The van der Waals surface area contributed by atoms with Crippen LogP contribution in [-0.4, -0.2) is 187 Å². The molecule has 0 saturated carbocycles. The summed E-state index contributed by atoms with van der Waals surface area (Å²) in [5, 5.41) is 50.0. The van der Waals surface area contributed by atoms with E-state index in [1.807, 2.05) is 30.3 Å². The fraction of sp³-hybridized carbons (Fsp3) is 0.623. The van der Waals surface area contributed by atoms with Crippen LogP contribution in [0.4, 0.5) is 0 Å². The van der Waals surface area contributed by atoms with Gasteiger partial charge < -0.3 is 97.4 Å². The number of nitrogens with one attached hydrogen (secondary N) is 11. The number of hydrogen-bond acceptors (Lipinski definition) is 18. The summed E-state index contributed by atoms with van der Waals surface area (Å²) < 4.78 is 0. The fourth-order valence-electron chi connectivity index (χ4n) is 9.90. The van der Waals surface area contributed by atoms with Crippen molar-refractivity contribution in [1.82, 2.24) is 58.5 Å². The zero-order chi connectivity index (χ0) is 66.9. The predicted molar refractivity (Wildman–Crippen MR) is 337 cm³/mol. The van der Waals surface area contributed by atoms with Crippen LogP contribution in [0.3, 0.4) is 0 Å². The number of aliphatic hydroxyl groups excluding tert-OH is 2. The molecule has 90 heavy (non-hydrogen) atoms. The molecule has 1 heterocycles. The minimum absolute atomic E-state index is 0.0725. The number of aliphatic hydroxyl groups is 2. The molecule has 3 rings (SSSR count). The second kappa shape index (κ2) is 40.9. The van der Waals surface area contributed by atoms with Crippen LogP contribution in [0.25, 0.3) is 11.1 Å². The van der Waals surface area contributed by atoms with Gasteiger partial charge >= 0.3 is 0 Å². The SMILES string of the molecule is CCCCCCCCC1NC(=O)C(CCN)NC(=O)C(NC(=O)C(CCN)NC(=O)C(NC(=O)C(CCN)NC(=O)c2ccc(-c3ccccc3)cc2)C(C)O)CCNC(=O)C(C(C)O)NC(=O)C(CCN)NC(=O)C(CCN)NC(=O)C(CC(C)C)NC1=O. The summed E-state index contributed by atoms with van der Waals surface area (Å²) in [6.07, 6.45) is 0.580. The number of carbonyl (C=O) groups is 11. The lowest BCUT2D eigenvalue weighted by Gasteiger charge is -2.29. The van der Waals surface area contributed by atoms with E-state index in [1.165, 1.54) is 13.8 Å². The maximum atomic E-state index is 14.6. The van der Waals surface area contributed by atoms with Crippen LogP contribution in [0.1, 0.15) is 135 Å². The molecule has 11 amide bonds. The van der Waals surface area contributed by atoms with Crippen LogP contribution in [-0.2, 0) is 47.9 Å². The van der Waals surface area contributed by atoms with Crippen molar-refractivity contribution in [2.24, 2.45) is 34.6 Å². The predicted octanol–water partition coefficient (Wildman–Crippen LogP) is -3.36. The molecule has 0 radical (unpaired) electrons. The molecule has 29 heteroatoms. The van der Waals surface area contributed by atoms with Crippen LogP contribution in [0, 0.1) is 5.92 Å². The number of carbonyl (C=O) groups excluding carboxylic acids is 11. The van der Waals surface area contributed by atoms with E-state index in [0.29, 0.717) is 12.8 Å². The van der Waals surface area contributed by atoms with E-state index in [-0.39, 0.29) is 89.2 Å². The molecule has 1 saturated heterocycles. The van der Waals surface area contributed by atoms with Gasteiger partial charge in [0.25, 0.3) is 5.91 Å². The van der Waals surface area contributed by atoms with Crippen molar-refractivity contribution in [2.45, 2.75) is 197 Å². The lowest BCUT2D eigenvalue weighted by Crippen LogP contribution is -2.62. The molecule has 2 aromatic carbocycles. The Kier molecular flexibility index (Phi) is 34.8. The first-order valence-corrected chi connectivity index (χ1v) is 31.3. The van der Waals surface area contributed by atoms with Gasteiger partial charge in [-0.05, 0) is 127 Å². The summed E-state index contributed by atoms with van der Waals surface area (Å²) in [5.41, 5.74) is 31.5. The van der Waals surface area contributed by atoms with Gasteiger partial charge in [-0.15, -0.1) is 0 Å². The lowest BCUT2D eigenvalue weighted by molar-refractivity contribution is -0.136. The number of nitrogens with two attached hydrogens (primary N) is 5. The first-order valence-electron chi connectivity index (χ1n) is 31.3. The molecule has 29 nitrogen and oxygen atoms in total. The highest BCUT2D eigenvalue weighted by molar-refractivity contribution is 6.01. The molecule has 12 unspecified atom stereocenters. The van der Waals surface area contributed by atoms with Crippen LogP contribution < -0.4 is 87.2 Å². The third kappa shape index (κ3) is 26.0. The molecule has 23 N–H and O–H groups in total. The monoisotopic (exact) mass is 1260 g/mol. The molecule has 1 fully saturated rings. The number of rotatable bonds is 30. The minimum Gasteiger partial charge on any atom is -0.391 e. The van der Waals surface area contributed by atoms with E-state index in [4.69, 9.17) is 28.7 Å². The van der Waals surface area contributed by atoms with E-state index < -0.39 is 151 Å². The second-order valence-electron chi connectivity index (χ2n) is 23.0. The van der Waals surface area contributed by atoms with Crippen molar-refractivity contribution in [3.05, 3.63) is 60.2 Å². The summed E-state index contributed by atoms with van der Waals surface area (Å²) in [6, 6.07) is 1.33. The quantitative estimate of drug-likeness (QED) is 0.0340. The summed E-state index contributed by atoms with van der Waals surface area (Å²) in [7, 11) is 0. The standard InChI is InChI=1S/C61H100N16O13/c1-6-7-8-9-10-14-17-41-52(81)75-48(34-35(2)3)59(88)72-43(23-29-63)54(83)71-46(26-32-66)58(87)76-49(36(4)78)60(89)67-33-27-47(56(85)70-42(22-28-62)53(82)69-41)73-55(84)44(24-30-64)74-61(90)50(37(5)79)77-57(86)45(25-31-65)68-51(80)40-20-18-39(19-21-40)38-15-12-11-13-16-38/h11-13,15-16,18-21,35-37,41-50,78-79H,6-10,14,17,22-34,62-66H2,1-5H3,(H,67,89)(H,68,80)(H,69,82)(H,70,85)(H,71,83)(H,72,88)(H,73,84)(H,74,90)(H,75,81)(H,76,87)(H,77,86). The van der Waals surface area contributed by atoms with Gasteiger partial charge in [0.05, 0.1) is 12.2 Å². The molecule has 0 aromatic heterocycles. The maximum Gasteiger partial charge on any atom is 0.251 e. The van der Waals surface area contributed by atoms with E-state index >= 15 is 0 Å². The van der Waals surface area contributed by atoms with Crippen LogP contribution >= 0.6 is 0 Å². The van der Waals surface area contributed by atoms with Crippen molar-refractivity contribution in [3.8, 4) is 11.1 Å². The number of hydrogen-bond donors (Lipinski definition) is 18. The highest BCUT2D eigenvalue weighted by Gasteiger charge is 2.37. The van der Waals surface area contributed by atoms with E-state index in [2.05, 4.69) is 65.4 Å². The Morgan fingerprint density at radius 3 is 1.48 bits per heavy atom. The van der Waals surface area contributed by atoms with Crippen LogP contribution in [0.2, 0.25) is 0 Å². The van der Waals surface area contributed by atoms with Crippen molar-refractivity contribution < 1.29 is 63.0 Å². The first-order chi connectivity index (χ1) is 42.9. The van der Waals surface area contributed by atoms with Gasteiger partial charge in [0.2, 0.25) is 59.1 Å². The first kappa shape index (κ1) is 76.6. The van der Waals surface area contributed by atoms with Crippen LogP contribution in [0.5, 0.6) is 0 Å². The smallest absolute Gasteiger partial charge is 0.251 e. The Morgan fingerprint density at radius 2 is 0.978 bits per heavy atom. The summed E-state index contributed by atoms with van der Waals surface area (Å²) in [5.74, 6) is -10.0. The molecule has 0 bridgehead atoms. The van der Waals surface area contributed by atoms with Crippen LogP contribution in [0.15, 0.2) is 54.6 Å². The van der Waals surface area contributed by atoms with Crippen molar-refractivity contribution >= 4 is 65.0 Å². The molecule has 12 atom stereocenters. The Labute approximate surface area is 526 Å². The number of amides is 11. The second-order valence-corrected chi connectivity index (χ2v) is 23.0. The highest BCUT2D eigenvalue weighted by atomic mass is 16.3. The normalized spacial score (nSPS) is 21.9. The Bertz CT molecular complexity index is 2630. The third-order valence-electron chi connectivity index (χ3n) is 15.0. The van der Waals surface area contributed by atoms with Gasteiger partial charge in [-0.3, -0.25) is 52.7 Å². The van der Waals surface area contributed by atoms with E-state index in [1.54, 1.807) is 38.1 Å². The topological polar surface area (TPSA) is 491 Å². The summed E-state index contributed by atoms with van der Waals surface area (Å²) in [6.45, 7) is 6.88. The van der Waals surface area contributed by atoms with Crippen molar-refractivity contribution in [2.75, 3.05) is 39.3 Å². The molecular weight excluding hydrogens is 1160 g/mol. The average molecular weight is 1270 g/mol. The summed E-state index contributed by atoms with van der Waals surface area (Å²) in [4.78, 5) is 155. The fourth-order valence-corrected chi connectivity index (χ4v) is 9.90. The molecule has 0 aliphatic carbocycles. The largest absolute Gasteiger partial charge is 0.391 e. The third-order valence-corrected chi connectivity index (χ3v) is 15.0.